The van der Waals surface area contributed by atoms with Gasteiger partial charge in [0, 0.05) is 13.5 Å². The molecule has 31 heavy (non-hydrogen) atoms. The molecule has 2 N–H and O–H groups in total. The maximum atomic E-state index is 12.1. The fourth-order valence-corrected chi connectivity index (χ4v) is 3.84. The summed E-state index contributed by atoms with van der Waals surface area (Å²) < 4.78 is 37.1. The summed E-state index contributed by atoms with van der Waals surface area (Å²) in [6, 6.07) is 18.0. The zero-order valence-electron chi connectivity index (χ0n) is 17.3. The summed E-state index contributed by atoms with van der Waals surface area (Å²) in [5, 5.41) is 21.8. The predicted molar refractivity (Wildman–Crippen MR) is 119 cm³/mol. The molecule has 0 aliphatic carbocycles. The van der Waals surface area contributed by atoms with Crippen LogP contribution in [0.25, 0.3) is 10.8 Å². The fourth-order valence-electron chi connectivity index (χ4n) is 3.16. The number of benzene rings is 3. The maximum absolute atomic E-state index is 12.1. The Bertz CT molecular complexity index is 1220. The van der Waals surface area contributed by atoms with Crippen LogP contribution in [-0.4, -0.2) is 33.2 Å². The number of nitrogens with one attached hydrogen (secondary N) is 1. The van der Waals surface area contributed by atoms with E-state index < -0.39 is 16.1 Å². The van der Waals surface area contributed by atoms with E-state index in [2.05, 4.69) is 10.8 Å². The first-order valence-electron chi connectivity index (χ1n) is 9.72. The lowest BCUT2D eigenvalue weighted by molar-refractivity contribution is 0.0510. The third-order valence-electron chi connectivity index (χ3n) is 4.86. The Morgan fingerprint density at radius 2 is 1.87 bits per heavy atom. The summed E-state index contributed by atoms with van der Waals surface area (Å²) in [4.78, 5) is 0. The lowest BCUT2D eigenvalue weighted by Crippen LogP contribution is -2.16. The number of nitrogens with zero attached hydrogens (tertiary/aromatic N) is 1. The highest BCUT2D eigenvalue weighted by molar-refractivity contribution is 7.92. The van der Waals surface area contributed by atoms with Gasteiger partial charge in [0.25, 0.3) is 0 Å². The van der Waals surface area contributed by atoms with Gasteiger partial charge in [-0.2, -0.15) is 5.26 Å². The highest BCUT2D eigenvalue weighted by Crippen LogP contribution is 2.30. The number of aliphatic hydroxyl groups is 1. The molecule has 3 aromatic rings. The number of fused-ring (bicyclic) bond motifs is 1. The fraction of sp³-hybridized carbons (Fsp3) is 0.261. The van der Waals surface area contributed by atoms with Crippen molar-refractivity contribution in [2.75, 3.05) is 24.4 Å². The molecule has 0 aromatic heterocycles. The predicted octanol–water partition coefficient (Wildman–Crippen LogP) is 3.73. The van der Waals surface area contributed by atoms with Gasteiger partial charge in [-0.25, -0.2) is 8.42 Å². The maximum Gasteiger partial charge on any atom is 0.232 e. The largest absolute Gasteiger partial charge is 0.468 e. The van der Waals surface area contributed by atoms with Crippen LogP contribution in [0.2, 0.25) is 0 Å². The van der Waals surface area contributed by atoms with Crippen molar-refractivity contribution in [2.45, 2.75) is 19.4 Å². The Balaban J connectivity index is 1.93. The van der Waals surface area contributed by atoms with Crippen LogP contribution in [0.5, 0.6) is 5.75 Å². The molecule has 8 heteroatoms. The van der Waals surface area contributed by atoms with Gasteiger partial charge in [0.05, 0.1) is 29.2 Å². The molecule has 0 aliphatic heterocycles. The Kier molecular flexibility index (Phi) is 7.13. The second-order valence-corrected chi connectivity index (χ2v) is 9.04. The van der Waals surface area contributed by atoms with Gasteiger partial charge in [0.15, 0.2) is 6.79 Å². The molecule has 1 atom stereocenters. The molecule has 0 amide bonds. The van der Waals surface area contributed by atoms with E-state index in [0.29, 0.717) is 28.1 Å². The van der Waals surface area contributed by atoms with Crippen molar-refractivity contribution in [3.05, 3.63) is 71.3 Å². The minimum Gasteiger partial charge on any atom is -0.468 e. The molecule has 0 saturated heterocycles. The van der Waals surface area contributed by atoms with E-state index in [4.69, 9.17) is 14.7 Å². The van der Waals surface area contributed by atoms with Crippen LogP contribution < -0.4 is 9.46 Å². The first-order chi connectivity index (χ1) is 14.8. The SMILES string of the molecule is CCS(=O)(=O)Nc1ccc(OCOC)cc1CC(O)c1ccc2ccc(C#N)cc2c1. The standard InChI is InChI=1S/C23H24N2O5S/c1-3-31(27,28)25-22-9-8-21(30-15-29-2)12-20(22)13-23(26)18-7-6-17-5-4-16(14-24)10-19(17)11-18/h4-12,23,25-26H,3,13,15H2,1-2H3. The molecule has 3 aromatic carbocycles. The number of sulfonamides is 1. The third kappa shape index (κ3) is 5.73. The molecule has 7 nitrogen and oxygen atoms in total. The number of anilines is 1. The van der Waals surface area contributed by atoms with Gasteiger partial charge < -0.3 is 14.6 Å². The van der Waals surface area contributed by atoms with Gasteiger partial charge in [-0.1, -0.05) is 18.2 Å². The van der Waals surface area contributed by atoms with Crippen molar-refractivity contribution in [3.8, 4) is 11.8 Å². The van der Waals surface area contributed by atoms with Gasteiger partial charge in [0.1, 0.15) is 5.75 Å². The van der Waals surface area contributed by atoms with Crippen LogP contribution in [0.15, 0.2) is 54.6 Å². The van der Waals surface area contributed by atoms with Crippen molar-refractivity contribution in [1.82, 2.24) is 0 Å². The number of hydrogen-bond donors (Lipinski definition) is 2. The molecule has 3 rings (SSSR count). The van der Waals surface area contributed by atoms with Gasteiger partial charge >= 0.3 is 0 Å². The monoisotopic (exact) mass is 440 g/mol. The van der Waals surface area contributed by atoms with Crippen LogP contribution in [0.1, 0.15) is 29.7 Å². The minimum atomic E-state index is -3.49. The van der Waals surface area contributed by atoms with E-state index in [-0.39, 0.29) is 19.0 Å². The molecule has 0 heterocycles. The minimum absolute atomic E-state index is 0.0495. The topological polar surface area (TPSA) is 109 Å². The first-order valence-corrected chi connectivity index (χ1v) is 11.4. The number of aliphatic hydroxyl groups excluding tert-OH is 1. The number of ether oxygens (including phenoxy) is 2. The van der Waals surface area contributed by atoms with E-state index >= 15 is 0 Å². The van der Waals surface area contributed by atoms with Gasteiger partial charge in [-0.05, 0) is 65.2 Å². The van der Waals surface area contributed by atoms with Crippen LogP contribution >= 0.6 is 0 Å². The van der Waals surface area contributed by atoms with Crippen molar-refractivity contribution >= 4 is 26.5 Å². The molecule has 1 unspecified atom stereocenters. The molecule has 0 fully saturated rings. The molecule has 0 saturated carbocycles. The summed E-state index contributed by atoms with van der Waals surface area (Å²) in [7, 11) is -1.98. The summed E-state index contributed by atoms with van der Waals surface area (Å²) in [5.41, 5.74) is 2.18. The summed E-state index contributed by atoms with van der Waals surface area (Å²) in [6.45, 7) is 1.60. The van der Waals surface area contributed by atoms with Crippen LogP contribution in [-0.2, 0) is 21.2 Å². The van der Waals surface area contributed by atoms with Crippen molar-refractivity contribution < 1.29 is 23.0 Å². The second kappa shape index (κ2) is 9.79. The molecule has 162 valence electrons. The average molecular weight is 441 g/mol. The van der Waals surface area contributed by atoms with Crippen LogP contribution in [0.3, 0.4) is 0 Å². The van der Waals surface area contributed by atoms with E-state index in [0.717, 1.165) is 10.8 Å². The molecular weight excluding hydrogens is 416 g/mol. The zero-order chi connectivity index (χ0) is 22.4. The van der Waals surface area contributed by atoms with E-state index in [1.54, 1.807) is 37.3 Å². The number of hydrogen-bond acceptors (Lipinski definition) is 6. The number of methoxy groups -OCH3 is 1. The van der Waals surface area contributed by atoms with E-state index in [1.807, 2.05) is 24.3 Å². The smallest absolute Gasteiger partial charge is 0.232 e. The van der Waals surface area contributed by atoms with Crippen molar-refractivity contribution in [2.24, 2.45) is 0 Å². The third-order valence-corrected chi connectivity index (χ3v) is 6.15. The average Bonchev–Trinajstić information content (AvgIpc) is 2.78. The zero-order valence-corrected chi connectivity index (χ0v) is 18.1. The van der Waals surface area contributed by atoms with Crippen LogP contribution in [0, 0.1) is 11.3 Å². The van der Waals surface area contributed by atoms with Gasteiger partial charge in [-0.15, -0.1) is 0 Å². The highest BCUT2D eigenvalue weighted by atomic mass is 32.2. The summed E-state index contributed by atoms with van der Waals surface area (Å²) in [6.07, 6.45) is -0.729. The molecular formula is C23H24N2O5S. The van der Waals surface area contributed by atoms with Gasteiger partial charge in [0.2, 0.25) is 10.0 Å². The highest BCUT2D eigenvalue weighted by Gasteiger charge is 2.16. The quantitative estimate of drug-likeness (QED) is 0.491. The Morgan fingerprint density at radius 3 is 2.58 bits per heavy atom. The normalized spacial score (nSPS) is 12.3. The first kappa shape index (κ1) is 22.6. The molecule has 0 aliphatic rings. The lowest BCUT2D eigenvalue weighted by atomic mass is 9.97. The lowest BCUT2D eigenvalue weighted by Gasteiger charge is -2.17. The Morgan fingerprint density at radius 1 is 1.10 bits per heavy atom. The van der Waals surface area contributed by atoms with Crippen molar-refractivity contribution in [1.29, 1.82) is 5.26 Å². The Hall–Kier alpha value is -3.12. The molecule has 0 bridgehead atoms. The number of nitriles is 1. The van der Waals surface area contributed by atoms with E-state index in [1.165, 1.54) is 7.11 Å². The second-order valence-electron chi connectivity index (χ2n) is 7.03. The summed E-state index contributed by atoms with van der Waals surface area (Å²) in [5.74, 6) is 0.434. The molecule has 0 spiro atoms. The van der Waals surface area contributed by atoms with E-state index in [9.17, 15) is 13.5 Å². The van der Waals surface area contributed by atoms with Gasteiger partial charge in [-0.3, -0.25) is 4.72 Å². The Labute approximate surface area is 181 Å². The summed E-state index contributed by atoms with van der Waals surface area (Å²) >= 11 is 0. The number of rotatable bonds is 9. The molecule has 0 radical (unpaired) electrons. The van der Waals surface area contributed by atoms with Crippen LogP contribution in [0.4, 0.5) is 5.69 Å². The van der Waals surface area contributed by atoms with Crippen molar-refractivity contribution in [3.63, 3.8) is 0 Å².